The predicted octanol–water partition coefficient (Wildman–Crippen LogP) is 2.03. The molecule has 0 unspecified atom stereocenters. The minimum atomic E-state index is 0.565. The van der Waals surface area contributed by atoms with Gasteiger partial charge in [-0.2, -0.15) is 0 Å². The third-order valence-electron chi connectivity index (χ3n) is 2.28. The zero-order valence-electron chi connectivity index (χ0n) is 10.3. The van der Waals surface area contributed by atoms with E-state index >= 15 is 0 Å². The molecule has 0 aliphatic rings. The molecule has 1 aromatic rings. The van der Waals surface area contributed by atoms with Crippen LogP contribution in [-0.2, 0) is 11.2 Å². The van der Waals surface area contributed by atoms with Gasteiger partial charge in [-0.3, -0.25) is 4.98 Å². The van der Waals surface area contributed by atoms with Crippen molar-refractivity contribution in [2.45, 2.75) is 32.7 Å². The Kier molecular flexibility index (Phi) is 6.77. The largest absolute Gasteiger partial charge is 0.381 e. The third kappa shape index (κ3) is 6.53. The first-order valence-electron chi connectivity index (χ1n) is 5.99. The lowest BCUT2D eigenvalue weighted by Gasteiger charge is -2.08. The van der Waals surface area contributed by atoms with Gasteiger partial charge in [-0.05, 0) is 31.0 Å². The van der Waals surface area contributed by atoms with Gasteiger partial charge in [0, 0.05) is 25.0 Å². The van der Waals surface area contributed by atoms with E-state index in [1.54, 1.807) is 6.20 Å². The Balaban J connectivity index is 1.93. The average Bonchev–Trinajstić information content (AvgIpc) is 2.29. The van der Waals surface area contributed by atoms with E-state index in [1.165, 1.54) is 5.56 Å². The maximum atomic E-state index is 5.55. The van der Waals surface area contributed by atoms with E-state index in [-0.39, 0.29) is 0 Å². The number of hydrogen-bond acceptors (Lipinski definition) is 3. The molecule has 1 N–H and O–H groups in total. The van der Waals surface area contributed by atoms with Crippen LogP contribution in [0.2, 0.25) is 0 Å². The lowest BCUT2D eigenvalue weighted by Crippen LogP contribution is -2.24. The molecule has 0 fully saturated rings. The quantitative estimate of drug-likeness (QED) is 0.683. The second-order valence-electron chi connectivity index (χ2n) is 4.19. The molecule has 0 saturated heterocycles. The lowest BCUT2D eigenvalue weighted by molar-refractivity contribution is 0.134. The van der Waals surface area contributed by atoms with E-state index in [1.807, 2.05) is 12.3 Å². The molecule has 0 radical (unpaired) electrons. The van der Waals surface area contributed by atoms with Crippen LogP contribution in [0.4, 0.5) is 0 Å². The summed E-state index contributed by atoms with van der Waals surface area (Å²) < 4.78 is 5.55. The second-order valence-corrected chi connectivity index (χ2v) is 4.19. The zero-order valence-corrected chi connectivity index (χ0v) is 10.3. The van der Waals surface area contributed by atoms with Gasteiger partial charge in [0.25, 0.3) is 0 Å². The Morgan fingerprint density at radius 3 is 2.94 bits per heavy atom. The van der Waals surface area contributed by atoms with Gasteiger partial charge >= 0.3 is 0 Å². The van der Waals surface area contributed by atoms with Gasteiger partial charge in [0.15, 0.2) is 0 Å². The highest BCUT2D eigenvalue weighted by Crippen LogP contribution is 1.97. The first-order chi connectivity index (χ1) is 7.79. The first-order valence-corrected chi connectivity index (χ1v) is 5.99. The number of aromatic nitrogens is 1. The van der Waals surface area contributed by atoms with Gasteiger partial charge in [0.2, 0.25) is 0 Å². The van der Waals surface area contributed by atoms with Crippen LogP contribution < -0.4 is 5.32 Å². The standard InChI is InChI=1S/C13H22N2O/c1-12(2)15-8-4-9-16-10-6-13-5-3-7-14-11-13/h3,5,7,11-12,15H,4,6,8-10H2,1-2H3. The molecule has 0 aliphatic carbocycles. The van der Waals surface area contributed by atoms with Crippen LogP contribution in [0.15, 0.2) is 24.5 Å². The van der Waals surface area contributed by atoms with E-state index in [0.29, 0.717) is 6.04 Å². The Hall–Kier alpha value is -0.930. The highest BCUT2D eigenvalue weighted by atomic mass is 16.5. The van der Waals surface area contributed by atoms with Crippen molar-refractivity contribution >= 4 is 0 Å². The summed E-state index contributed by atoms with van der Waals surface area (Å²) in [7, 11) is 0. The van der Waals surface area contributed by atoms with Gasteiger partial charge in [0.05, 0.1) is 6.61 Å². The SMILES string of the molecule is CC(C)NCCCOCCc1cccnc1. The minimum absolute atomic E-state index is 0.565. The summed E-state index contributed by atoms with van der Waals surface area (Å²) in [5, 5.41) is 3.36. The van der Waals surface area contributed by atoms with Crippen molar-refractivity contribution in [1.29, 1.82) is 0 Å². The molecule has 1 heterocycles. The van der Waals surface area contributed by atoms with Gasteiger partial charge < -0.3 is 10.1 Å². The van der Waals surface area contributed by atoms with Gasteiger partial charge in [-0.1, -0.05) is 19.9 Å². The molecule has 0 aromatic carbocycles. The average molecular weight is 222 g/mol. The second kappa shape index (κ2) is 8.25. The lowest BCUT2D eigenvalue weighted by atomic mass is 10.2. The van der Waals surface area contributed by atoms with E-state index in [4.69, 9.17) is 4.74 Å². The molecule has 0 aliphatic heterocycles. The van der Waals surface area contributed by atoms with Gasteiger partial charge in [-0.25, -0.2) is 0 Å². The van der Waals surface area contributed by atoms with Gasteiger partial charge in [0.1, 0.15) is 0 Å². The smallest absolute Gasteiger partial charge is 0.0507 e. The molecule has 90 valence electrons. The van der Waals surface area contributed by atoms with E-state index < -0.39 is 0 Å². The van der Waals surface area contributed by atoms with Crippen molar-refractivity contribution in [3.63, 3.8) is 0 Å². The topological polar surface area (TPSA) is 34.1 Å². The highest BCUT2D eigenvalue weighted by molar-refractivity contribution is 5.08. The molecular weight excluding hydrogens is 200 g/mol. The Labute approximate surface area is 98.2 Å². The summed E-state index contributed by atoms with van der Waals surface area (Å²) in [4.78, 5) is 4.07. The summed E-state index contributed by atoms with van der Waals surface area (Å²) in [5.41, 5.74) is 1.24. The van der Waals surface area contributed by atoms with Crippen LogP contribution in [0.1, 0.15) is 25.8 Å². The third-order valence-corrected chi connectivity index (χ3v) is 2.28. The van der Waals surface area contributed by atoms with Crippen molar-refractivity contribution in [2.75, 3.05) is 19.8 Å². The van der Waals surface area contributed by atoms with Crippen LogP contribution in [0.5, 0.6) is 0 Å². The molecule has 0 amide bonds. The first kappa shape index (κ1) is 13.1. The fraction of sp³-hybridized carbons (Fsp3) is 0.615. The molecule has 0 saturated carbocycles. The zero-order chi connectivity index (χ0) is 11.6. The fourth-order valence-corrected chi connectivity index (χ4v) is 1.40. The number of nitrogens with one attached hydrogen (secondary N) is 1. The minimum Gasteiger partial charge on any atom is -0.381 e. The van der Waals surface area contributed by atoms with Crippen LogP contribution in [0, 0.1) is 0 Å². The summed E-state index contributed by atoms with van der Waals surface area (Å²) in [5.74, 6) is 0. The Bertz CT molecular complexity index is 262. The van der Waals surface area contributed by atoms with Crippen molar-refractivity contribution < 1.29 is 4.74 Å². The van der Waals surface area contributed by atoms with Crippen molar-refractivity contribution in [2.24, 2.45) is 0 Å². The Morgan fingerprint density at radius 2 is 2.25 bits per heavy atom. The summed E-state index contributed by atoms with van der Waals surface area (Å²) in [6.07, 6.45) is 5.71. The number of pyridine rings is 1. The van der Waals surface area contributed by atoms with Gasteiger partial charge in [-0.15, -0.1) is 0 Å². The number of hydrogen-bond donors (Lipinski definition) is 1. The van der Waals surface area contributed by atoms with Crippen molar-refractivity contribution in [3.8, 4) is 0 Å². The fourth-order valence-electron chi connectivity index (χ4n) is 1.40. The molecule has 0 spiro atoms. The van der Waals surface area contributed by atoms with Crippen LogP contribution in [-0.4, -0.2) is 30.8 Å². The van der Waals surface area contributed by atoms with Crippen molar-refractivity contribution in [1.82, 2.24) is 10.3 Å². The molecule has 3 heteroatoms. The van der Waals surface area contributed by atoms with Crippen LogP contribution >= 0.6 is 0 Å². The monoisotopic (exact) mass is 222 g/mol. The maximum absolute atomic E-state index is 5.55. The molecule has 0 atom stereocenters. The summed E-state index contributed by atoms with van der Waals surface area (Å²) in [6.45, 7) is 6.96. The molecule has 16 heavy (non-hydrogen) atoms. The Morgan fingerprint density at radius 1 is 1.38 bits per heavy atom. The van der Waals surface area contributed by atoms with Crippen molar-refractivity contribution in [3.05, 3.63) is 30.1 Å². The van der Waals surface area contributed by atoms with E-state index in [9.17, 15) is 0 Å². The molecular formula is C13H22N2O. The predicted molar refractivity (Wildman–Crippen MR) is 66.5 cm³/mol. The molecule has 1 aromatic heterocycles. The molecule has 1 rings (SSSR count). The summed E-state index contributed by atoms with van der Waals surface area (Å²) in [6, 6.07) is 4.61. The van der Waals surface area contributed by atoms with Crippen LogP contribution in [0.25, 0.3) is 0 Å². The highest BCUT2D eigenvalue weighted by Gasteiger charge is 1.94. The molecule has 3 nitrogen and oxygen atoms in total. The normalized spacial score (nSPS) is 10.9. The maximum Gasteiger partial charge on any atom is 0.0507 e. The number of rotatable bonds is 8. The number of nitrogens with zero attached hydrogens (tertiary/aromatic N) is 1. The summed E-state index contributed by atoms with van der Waals surface area (Å²) >= 11 is 0. The number of ether oxygens (including phenoxy) is 1. The van der Waals surface area contributed by atoms with Crippen LogP contribution in [0.3, 0.4) is 0 Å². The molecule has 0 bridgehead atoms. The van der Waals surface area contributed by atoms with E-state index in [2.05, 4.69) is 30.2 Å². The van der Waals surface area contributed by atoms with E-state index in [0.717, 1.165) is 32.6 Å².